The molecule has 2 N–H and O–H groups in total. The molecule has 6 nitrogen and oxygen atoms in total. The van der Waals surface area contributed by atoms with Crippen LogP contribution in [0.25, 0.3) is 0 Å². The fourth-order valence-electron chi connectivity index (χ4n) is 0.832. The van der Waals surface area contributed by atoms with E-state index in [0.29, 0.717) is 0 Å². The monoisotopic (exact) mass is 233 g/mol. The smallest absolute Gasteiger partial charge is 0.408 e. The Bertz CT molecular complexity index is 246. The second kappa shape index (κ2) is 6.32. The molecule has 1 atom stereocenters. The minimum Gasteiger partial charge on any atom is -0.464 e. The molecule has 94 valence electrons. The standard InChI is InChI=1S/C10H19NO5/c1-7(13)15-6-8(5-12)11-9(14)16-10(2,3)4/h8,12H,5-6H2,1-4H3,(H,11,14). The number of esters is 1. The van der Waals surface area contributed by atoms with Crippen LogP contribution in [-0.4, -0.2) is 42.0 Å². The maximum absolute atomic E-state index is 11.3. The maximum atomic E-state index is 11.3. The molecule has 0 rings (SSSR count). The van der Waals surface area contributed by atoms with Gasteiger partial charge in [-0.15, -0.1) is 0 Å². The lowest BCUT2D eigenvalue weighted by Crippen LogP contribution is -2.43. The van der Waals surface area contributed by atoms with Crippen molar-refractivity contribution < 1.29 is 24.2 Å². The Balaban J connectivity index is 4.02. The molecular weight excluding hydrogens is 214 g/mol. The highest BCUT2D eigenvalue weighted by atomic mass is 16.6. The first-order valence-electron chi connectivity index (χ1n) is 4.98. The summed E-state index contributed by atoms with van der Waals surface area (Å²) in [5.41, 5.74) is -0.606. The maximum Gasteiger partial charge on any atom is 0.408 e. The van der Waals surface area contributed by atoms with Gasteiger partial charge in [0.15, 0.2) is 0 Å². The first-order chi connectivity index (χ1) is 7.24. The molecule has 0 aromatic rings. The molecule has 0 bridgehead atoms. The Labute approximate surface area is 94.9 Å². The minimum absolute atomic E-state index is 0.0783. The lowest BCUT2D eigenvalue weighted by molar-refractivity contribution is -0.142. The third-order valence-electron chi connectivity index (χ3n) is 1.43. The zero-order valence-corrected chi connectivity index (χ0v) is 10.1. The summed E-state index contributed by atoms with van der Waals surface area (Å²) in [5.74, 6) is -0.468. The molecule has 0 fully saturated rings. The summed E-state index contributed by atoms with van der Waals surface area (Å²) >= 11 is 0. The van der Waals surface area contributed by atoms with Crippen LogP contribution in [0.15, 0.2) is 0 Å². The molecule has 0 spiro atoms. The number of amides is 1. The molecule has 0 aliphatic carbocycles. The molecule has 6 heteroatoms. The van der Waals surface area contributed by atoms with Crippen LogP contribution in [0, 0.1) is 0 Å². The molecule has 16 heavy (non-hydrogen) atoms. The molecule has 1 amide bonds. The van der Waals surface area contributed by atoms with Gasteiger partial charge in [0.2, 0.25) is 0 Å². The zero-order valence-electron chi connectivity index (χ0n) is 10.1. The highest BCUT2D eigenvalue weighted by molar-refractivity contribution is 5.68. The van der Waals surface area contributed by atoms with E-state index in [4.69, 9.17) is 9.84 Å². The topological polar surface area (TPSA) is 84.9 Å². The number of hydrogen-bond acceptors (Lipinski definition) is 5. The van der Waals surface area contributed by atoms with Crippen molar-refractivity contribution in [2.75, 3.05) is 13.2 Å². The van der Waals surface area contributed by atoms with Crippen molar-refractivity contribution in [1.29, 1.82) is 0 Å². The van der Waals surface area contributed by atoms with Crippen LogP contribution < -0.4 is 5.32 Å². The van der Waals surface area contributed by atoms with Gasteiger partial charge in [-0.05, 0) is 20.8 Å². The molecule has 0 aliphatic heterocycles. The summed E-state index contributed by atoms with van der Waals surface area (Å²) in [7, 11) is 0. The third-order valence-corrected chi connectivity index (χ3v) is 1.43. The van der Waals surface area contributed by atoms with Crippen molar-refractivity contribution in [3.8, 4) is 0 Å². The van der Waals surface area contributed by atoms with Crippen LogP contribution in [0.2, 0.25) is 0 Å². The molecule has 0 saturated heterocycles. The number of alkyl carbamates (subject to hydrolysis) is 1. The highest BCUT2D eigenvalue weighted by Gasteiger charge is 2.19. The van der Waals surface area contributed by atoms with Gasteiger partial charge in [-0.1, -0.05) is 0 Å². The molecule has 1 unspecified atom stereocenters. The van der Waals surface area contributed by atoms with Crippen molar-refractivity contribution in [3.05, 3.63) is 0 Å². The number of hydrogen-bond donors (Lipinski definition) is 2. The second-order valence-corrected chi connectivity index (χ2v) is 4.33. The van der Waals surface area contributed by atoms with E-state index in [-0.39, 0.29) is 13.2 Å². The highest BCUT2D eigenvalue weighted by Crippen LogP contribution is 2.06. The Morgan fingerprint density at radius 2 is 1.94 bits per heavy atom. The lowest BCUT2D eigenvalue weighted by atomic mass is 10.2. The number of aliphatic hydroxyl groups excluding tert-OH is 1. The summed E-state index contributed by atoms with van der Waals surface area (Å²) in [6, 6.07) is -0.654. The van der Waals surface area contributed by atoms with Gasteiger partial charge in [0.05, 0.1) is 12.6 Å². The van der Waals surface area contributed by atoms with E-state index in [9.17, 15) is 9.59 Å². The largest absolute Gasteiger partial charge is 0.464 e. The molecule has 0 aliphatic rings. The van der Waals surface area contributed by atoms with Crippen LogP contribution in [-0.2, 0) is 14.3 Å². The number of rotatable bonds is 4. The van der Waals surface area contributed by atoms with E-state index in [0.717, 1.165) is 0 Å². The van der Waals surface area contributed by atoms with Gasteiger partial charge in [-0.3, -0.25) is 4.79 Å². The van der Waals surface area contributed by atoms with Gasteiger partial charge in [-0.25, -0.2) is 4.79 Å². The predicted octanol–water partition coefficient (Wildman–Crippen LogP) is 0.435. The second-order valence-electron chi connectivity index (χ2n) is 4.33. The van der Waals surface area contributed by atoms with Crippen LogP contribution in [0.4, 0.5) is 4.79 Å². The average Bonchev–Trinajstić information content (AvgIpc) is 2.08. The number of nitrogens with one attached hydrogen (secondary N) is 1. The van der Waals surface area contributed by atoms with E-state index in [1.807, 2.05) is 0 Å². The molecule has 0 heterocycles. The Hall–Kier alpha value is -1.30. The molecule has 0 aromatic heterocycles. The van der Waals surface area contributed by atoms with Gasteiger partial charge < -0.3 is 19.9 Å². The zero-order chi connectivity index (χ0) is 12.8. The summed E-state index contributed by atoms with van der Waals surface area (Å²) < 4.78 is 9.63. The fraction of sp³-hybridized carbons (Fsp3) is 0.800. The van der Waals surface area contributed by atoms with Gasteiger partial charge >= 0.3 is 12.1 Å². The number of aliphatic hydroxyl groups is 1. The van der Waals surface area contributed by atoms with Crippen LogP contribution in [0.3, 0.4) is 0 Å². The van der Waals surface area contributed by atoms with E-state index in [2.05, 4.69) is 10.1 Å². The first kappa shape index (κ1) is 14.7. The van der Waals surface area contributed by atoms with Gasteiger partial charge in [0.25, 0.3) is 0 Å². The van der Waals surface area contributed by atoms with Crippen molar-refractivity contribution in [2.24, 2.45) is 0 Å². The van der Waals surface area contributed by atoms with Crippen molar-refractivity contribution in [1.82, 2.24) is 5.32 Å². The fourth-order valence-corrected chi connectivity index (χ4v) is 0.832. The van der Waals surface area contributed by atoms with Crippen molar-refractivity contribution in [3.63, 3.8) is 0 Å². The summed E-state index contributed by atoms with van der Waals surface area (Å²) in [6.07, 6.45) is -0.654. The predicted molar refractivity (Wildman–Crippen MR) is 56.9 cm³/mol. The van der Waals surface area contributed by atoms with Gasteiger partial charge in [0.1, 0.15) is 12.2 Å². The van der Waals surface area contributed by atoms with Gasteiger partial charge in [-0.2, -0.15) is 0 Å². The number of carbonyl (C=O) groups is 2. The SMILES string of the molecule is CC(=O)OCC(CO)NC(=O)OC(C)(C)C. The Morgan fingerprint density at radius 1 is 1.38 bits per heavy atom. The Morgan fingerprint density at radius 3 is 2.31 bits per heavy atom. The lowest BCUT2D eigenvalue weighted by Gasteiger charge is -2.22. The molecule has 0 saturated carbocycles. The van der Waals surface area contributed by atoms with Crippen LogP contribution in [0.5, 0.6) is 0 Å². The number of carbonyl (C=O) groups excluding carboxylic acids is 2. The molecule has 0 aromatic carbocycles. The van der Waals surface area contributed by atoms with Crippen LogP contribution >= 0.6 is 0 Å². The average molecular weight is 233 g/mol. The summed E-state index contributed by atoms with van der Waals surface area (Å²) in [4.78, 5) is 21.8. The quantitative estimate of drug-likeness (QED) is 0.688. The molecular formula is C10H19NO5. The van der Waals surface area contributed by atoms with E-state index in [1.165, 1.54) is 6.92 Å². The van der Waals surface area contributed by atoms with Gasteiger partial charge in [0, 0.05) is 6.92 Å². The van der Waals surface area contributed by atoms with Crippen LogP contribution in [0.1, 0.15) is 27.7 Å². The first-order valence-corrected chi connectivity index (χ1v) is 4.98. The summed E-state index contributed by atoms with van der Waals surface area (Å²) in [6.45, 7) is 6.03. The van der Waals surface area contributed by atoms with Crippen molar-refractivity contribution >= 4 is 12.1 Å². The number of ether oxygens (including phenoxy) is 2. The minimum atomic E-state index is -0.654. The Kier molecular flexibility index (Phi) is 5.81. The van der Waals surface area contributed by atoms with E-state index < -0.39 is 23.7 Å². The third kappa shape index (κ3) is 8.05. The normalized spacial score (nSPS) is 12.8. The van der Waals surface area contributed by atoms with E-state index >= 15 is 0 Å². The van der Waals surface area contributed by atoms with Crippen molar-refractivity contribution in [2.45, 2.75) is 39.3 Å². The summed E-state index contributed by atoms with van der Waals surface area (Å²) in [5, 5.41) is 11.3. The van der Waals surface area contributed by atoms with E-state index in [1.54, 1.807) is 20.8 Å². The molecule has 0 radical (unpaired) electrons.